The van der Waals surface area contributed by atoms with Gasteiger partial charge < -0.3 is 15.8 Å². The number of hydrogen-bond donors (Lipinski definition) is 2. The minimum absolute atomic E-state index is 0.485. The molecule has 1 saturated heterocycles. The summed E-state index contributed by atoms with van der Waals surface area (Å²) in [6.07, 6.45) is 2.23. The molecule has 0 saturated carbocycles. The number of rotatable bonds is 4. The molecule has 0 amide bonds. The average molecular weight is 275 g/mol. The summed E-state index contributed by atoms with van der Waals surface area (Å²) in [7, 11) is 0. The zero-order valence-electron chi connectivity index (χ0n) is 9.51. The second-order valence-electron chi connectivity index (χ2n) is 4.30. The topological polar surface area (TPSA) is 47.3 Å². The fraction of sp³-hybridized carbons (Fsp3) is 0.500. The van der Waals surface area contributed by atoms with E-state index in [2.05, 4.69) is 5.32 Å². The van der Waals surface area contributed by atoms with Crippen molar-refractivity contribution in [2.24, 2.45) is 5.92 Å². The Morgan fingerprint density at radius 3 is 2.82 bits per heavy atom. The molecule has 1 aliphatic heterocycles. The van der Waals surface area contributed by atoms with Crippen molar-refractivity contribution < 1.29 is 4.74 Å². The summed E-state index contributed by atoms with van der Waals surface area (Å²) in [6.45, 7) is 2.63. The van der Waals surface area contributed by atoms with Gasteiger partial charge in [-0.2, -0.15) is 0 Å². The molecule has 2 rings (SSSR count). The van der Waals surface area contributed by atoms with Gasteiger partial charge in [0.05, 0.1) is 21.4 Å². The fourth-order valence-corrected chi connectivity index (χ4v) is 2.27. The third-order valence-corrected chi connectivity index (χ3v) is 3.71. The molecular formula is C12H16Cl2N2O. The first-order chi connectivity index (χ1) is 8.16. The van der Waals surface area contributed by atoms with Crippen LogP contribution in [0.1, 0.15) is 12.8 Å². The highest BCUT2D eigenvalue weighted by atomic mass is 35.5. The lowest BCUT2D eigenvalue weighted by molar-refractivity contribution is 0.185. The van der Waals surface area contributed by atoms with Crippen LogP contribution in [0.4, 0.5) is 11.4 Å². The van der Waals surface area contributed by atoms with E-state index in [4.69, 9.17) is 33.7 Å². The van der Waals surface area contributed by atoms with E-state index in [0.717, 1.165) is 38.3 Å². The summed E-state index contributed by atoms with van der Waals surface area (Å²) in [4.78, 5) is 0. The number of nitrogen functional groups attached to an aromatic ring is 1. The highest BCUT2D eigenvalue weighted by Crippen LogP contribution is 2.30. The lowest BCUT2D eigenvalue weighted by atomic mass is 10.1. The number of ether oxygens (including phenoxy) is 1. The van der Waals surface area contributed by atoms with Gasteiger partial charge in [0.15, 0.2) is 0 Å². The Morgan fingerprint density at radius 2 is 2.12 bits per heavy atom. The van der Waals surface area contributed by atoms with E-state index in [1.165, 1.54) is 0 Å². The van der Waals surface area contributed by atoms with Crippen LogP contribution < -0.4 is 11.1 Å². The average Bonchev–Trinajstić information content (AvgIpc) is 2.78. The van der Waals surface area contributed by atoms with Gasteiger partial charge in [0.2, 0.25) is 0 Å². The predicted octanol–water partition coefficient (Wildman–Crippen LogP) is 3.41. The number of benzene rings is 1. The highest BCUT2D eigenvalue weighted by molar-refractivity contribution is 6.42. The molecule has 1 aliphatic rings. The van der Waals surface area contributed by atoms with E-state index in [0.29, 0.717) is 21.7 Å². The van der Waals surface area contributed by atoms with Crippen LogP contribution in [0.5, 0.6) is 0 Å². The molecule has 1 heterocycles. The van der Waals surface area contributed by atoms with Gasteiger partial charge in [0, 0.05) is 19.8 Å². The fourth-order valence-electron chi connectivity index (χ4n) is 1.94. The van der Waals surface area contributed by atoms with Crippen LogP contribution in [0, 0.1) is 5.92 Å². The summed E-state index contributed by atoms with van der Waals surface area (Å²) in [5.41, 5.74) is 7.33. The smallest absolute Gasteiger partial charge is 0.0614 e. The van der Waals surface area contributed by atoms with Crippen LogP contribution in [0.2, 0.25) is 10.0 Å². The second kappa shape index (κ2) is 5.80. The highest BCUT2D eigenvalue weighted by Gasteiger charge is 2.15. The molecule has 0 aliphatic carbocycles. The van der Waals surface area contributed by atoms with Gasteiger partial charge in [-0.05, 0) is 30.9 Å². The largest absolute Gasteiger partial charge is 0.397 e. The van der Waals surface area contributed by atoms with Crippen LogP contribution >= 0.6 is 23.2 Å². The van der Waals surface area contributed by atoms with Crippen molar-refractivity contribution in [2.75, 3.05) is 30.8 Å². The second-order valence-corrected chi connectivity index (χ2v) is 5.11. The van der Waals surface area contributed by atoms with Crippen LogP contribution in [-0.4, -0.2) is 19.8 Å². The Labute approximate surface area is 111 Å². The molecule has 1 unspecified atom stereocenters. The number of nitrogens with one attached hydrogen (secondary N) is 1. The molecule has 1 atom stereocenters. The zero-order valence-corrected chi connectivity index (χ0v) is 11.0. The van der Waals surface area contributed by atoms with Gasteiger partial charge >= 0.3 is 0 Å². The van der Waals surface area contributed by atoms with E-state index in [-0.39, 0.29) is 0 Å². The van der Waals surface area contributed by atoms with Gasteiger partial charge in [-0.3, -0.25) is 0 Å². The Hall–Kier alpha value is -0.640. The van der Waals surface area contributed by atoms with Gasteiger partial charge in [-0.25, -0.2) is 0 Å². The normalized spacial score (nSPS) is 19.5. The SMILES string of the molecule is Nc1cc(Cl)c(Cl)cc1NCCC1CCOC1. The Morgan fingerprint density at radius 1 is 1.35 bits per heavy atom. The molecule has 0 bridgehead atoms. The van der Waals surface area contributed by atoms with Crippen molar-refractivity contribution in [3.63, 3.8) is 0 Å². The van der Waals surface area contributed by atoms with Crippen molar-refractivity contribution in [3.8, 4) is 0 Å². The van der Waals surface area contributed by atoms with E-state index in [9.17, 15) is 0 Å². The summed E-state index contributed by atoms with van der Waals surface area (Å²) in [5, 5.41) is 4.29. The molecule has 17 heavy (non-hydrogen) atoms. The zero-order chi connectivity index (χ0) is 12.3. The third kappa shape index (κ3) is 3.41. The van der Waals surface area contributed by atoms with E-state index in [1.54, 1.807) is 12.1 Å². The first-order valence-corrected chi connectivity index (χ1v) is 6.48. The van der Waals surface area contributed by atoms with Crippen molar-refractivity contribution in [1.29, 1.82) is 0 Å². The first-order valence-electron chi connectivity index (χ1n) is 5.73. The summed E-state index contributed by atoms with van der Waals surface area (Å²) in [6, 6.07) is 3.44. The lowest BCUT2D eigenvalue weighted by Gasteiger charge is -2.12. The molecule has 1 aromatic carbocycles. The maximum Gasteiger partial charge on any atom is 0.0614 e. The van der Waals surface area contributed by atoms with Gasteiger partial charge in [0.25, 0.3) is 0 Å². The summed E-state index contributed by atoms with van der Waals surface area (Å²) >= 11 is 11.8. The predicted molar refractivity (Wildman–Crippen MR) is 72.9 cm³/mol. The molecule has 3 N–H and O–H groups in total. The number of halogens is 2. The van der Waals surface area contributed by atoms with Gasteiger partial charge in [-0.1, -0.05) is 23.2 Å². The molecule has 1 fully saturated rings. The van der Waals surface area contributed by atoms with E-state index >= 15 is 0 Å². The summed E-state index contributed by atoms with van der Waals surface area (Å²) in [5.74, 6) is 0.659. The number of nitrogens with two attached hydrogens (primary N) is 1. The molecule has 3 nitrogen and oxygen atoms in total. The van der Waals surface area contributed by atoms with Crippen molar-refractivity contribution in [1.82, 2.24) is 0 Å². The monoisotopic (exact) mass is 274 g/mol. The maximum absolute atomic E-state index is 5.94. The summed E-state index contributed by atoms with van der Waals surface area (Å²) < 4.78 is 5.33. The van der Waals surface area contributed by atoms with Crippen LogP contribution in [0.3, 0.4) is 0 Å². The Kier molecular flexibility index (Phi) is 4.37. The Balaban J connectivity index is 1.87. The van der Waals surface area contributed by atoms with Crippen molar-refractivity contribution in [2.45, 2.75) is 12.8 Å². The van der Waals surface area contributed by atoms with Gasteiger partial charge in [0.1, 0.15) is 0 Å². The molecule has 0 radical (unpaired) electrons. The van der Waals surface area contributed by atoms with Crippen LogP contribution in [0.15, 0.2) is 12.1 Å². The minimum atomic E-state index is 0.485. The maximum atomic E-state index is 5.94. The minimum Gasteiger partial charge on any atom is -0.397 e. The molecule has 94 valence electrons. The van der Waals surface area contributed by atoms with Crippen LogP contribution in [-0.2, 0) is 4.74 Å². The van der Waals surface area contributed by atoms with Gasteiger partial charge in [-0.15, -0.1) is 0 Å². The van der Waals surface area contributed by atoms with E-state index < -0.39 is 0 Å². The lowest BCUT2D eigenvalue weighted by Crippen LogP contribution is -2.10. The molecule has 0 spiro atoms. The van der Waals surface area contributed by atoms with E-state index in [1.807, 2.05) is 0 Å². The molecular weight excluding hydrogens is 259 g/mol. The Bertz CT molecular complexity index is 392. The molecule has 5 heteroatoms. The van der Waals surface area contributed by atoms with Crippen LogP contribution in [0.25, 0.3) is 0 Å². The molecule has 1 aromatic rings. The quantitative estimate of drug-likeness (QED) is 0.828. The van der Waals surface area contributed by atoms with Crippen molar-refractivity contribution >= 4 is 34.6 Å². The number of hydrogen-bond acceptors (Lipinski definition) is 3. The van der Waals surface area contributed by atoms with Crippen molar-refractivity contribution in [3.05, 3.63) is 22.2 Å². The third-order valence-electron chi connectivity index (χ3n) is 2.98. The standard InChI is InChI=1S/C12H16Cl2N2O/c13-9-5-11(15)12(6-10(9)14)16-3-1-8-2-4-17-7-8/h5-6,8,16H,1-4,7,15H2. The molecule has 0 aromatic heterocycles. The first kappa shape index (κ1) is 12.8. The number of anilines is 2.